The van der Waals surface area contributed by atoms with E-state index in [9.17, 15) is 22.4 Å². The number of rotatable bonds is 5. The van der Waals surface area contributed by atoms with E-state index in [1.807, 2.05) is 0 Å². The first-order valence-electron chi connectivity index (χ1n) is 4.68. The van der Waals surface area contributed by atoms with Crippen LogP contribution < -0.4 is 0 Å². The van der Waals surface area contributed by atoms with Gasteiger partial charge in [0.2, 0.25) is 0 Å². The predicted molar refractivity (Wildman–Crippen MR) is 50.7 cm³/mol. The van der Waals surface area contributed by atoms with Gasteiger partial charge < -0.3 is 4.79 Å². The molecule has 1 aromatic rings. The number of benzene rings is 1. The Kier molecular flexibility index (Phi) is 4.46. The lowest BCUT2D eigenvalue weighted by Crippen LogP contribution is -1.95. The van der Waals surface area contributed by atoms with E-state index in [1.165, 1.54) is 0 Å². The second-order valence-corrected chi connectivity index (χ2v) is 3.31. The van der Waals surface area contributed by atoms with Crippen molar-refractivity contribution in [2.45, 2.75) is 25.7 Å². The summed E-state index contributed by atoms with van der Waals surface area (Å²) in [4.78, 5) is 10.1. The van der Waals surface area contributed by atoms with Crippen LogP contribution in [-0.2, 0) is 11.2 Å². The molecule has 0 saturated heterocycles. The van der Waals surface area contributed by atoms with Crippen molar-refractivity contribution < 1.29 is 22.4 Å². The quantitative estimate of drug-likeness (QED) is 0.561. The van der Waals surface area contributed by atoms with Crippen molar-refractivity contribution in [1.29, 1.82) is 0 Å². The Bertz CT molecular complexity index is 337. The lowest BCUT2D eigenvalue weighted by molar-refractivity contribution is -0.107. The van der Waals surface area contributed by atoms with Gasteiger partial charge in [0, 0.05) is 17.5 Å². The van der Waals surface area contributed by atoms with Gasteiger partial charge in [-0.3, -0.25) is 0 Å². The number of aryl methyl sites for hydroxylation is 1. The maximum Gasteiger partial charge on any atom is 0.263 e. The molecule has 0 saturated carbocycles. The van der Waals surface area contributed by atoms with Gasteiger partial charge in [0.25, 0.3) is 12.9 Å². The van der Waals surface area contributed by atoms with Crippen LogP contribution in [0.2, 0.25) is 0 Å². The monoisotopic (exact) mass is 234 g/mol. The van der Waals surface area contributed by atoms with Gasteiger partial charge >= 0.3 is 0 Å². The molecular weight excluding hydrogens is 224 g/mol. The number of carbonyl (C=O) groups excluding carboxylic acids is 1. The molecule has 0 radical (unpaired) electrons. The molecule has 0 aliphatic carbocycles. The first-order valence-corrected chi connectivity index (χ1v) is 4.68. The summed E-state index contributed by atoms with van der Waals surface area (Å²) in [6.45, 7) is 0. The number of carbonyl (C=O) groups is 1. The molecule has 0 amide bonds. The van der Waals surface area contributed by atoms with E-state index in [1.54, 1.807) is 0 Å². The van der Waals surface area contributed by atoms with Crippen LogP contribution in [-0.4, -0.2) is 6.29 Å². The Hall–Kier alpha value is -1.39. The molecule has 1 aromatic carbocycles. The molecule has 1 rings (SSSR count). The molecule has 0 unspecified atom stereocenters. The summed E-state index contributed by atoms with van der Waals surface area (Å²) in [5.41, 5.74) is -0.530. The summed E-state index contributed by atoms with van der Waals surface area (Å²) in [5, 5.41) is 0. The maximum atomic E-state index is 12.4. The highest BCUT2D eigenvalue weighted by atomic mass is 19.3. The first-order chi connectivity index (χ1) is 7.54. The number of alkyl halides is 4. The van der Waals surface area contributed by atoms with Gasteiger partial charge in [0.05, 0.1) is 0 Å². The zero-order valence-corrected chi connectivity index (χ0v) is 8.30. The van der Waals surface area contributed by atoms with Crippen molar-refractivity contribution in [3.63, 3.8) is 0 Å². The van der Waals surface area contributed by atoms with E-state index in [-0.39, 0.29) is 12.8 Å². The summed E-state index contributed by atoms with van der Waals surface area (Å²) in [6, 6.07) is 3.10. The fourth-order valence-electron chi connectivity index (χ4n) is 1.37. The van der Waals surface area contributed by atoms with Gasteiger partial charge in [-0.05, 0) is 18.1 Å². The largest absolute Gasteiger partial charge is 0.303 e. The number of hydrogen-bond acceptors (Lipinski definition) is 1. The van der Waals surface area contributed by atoms with Crippen molar-refractivity contribution in [3.8, 4) is 0 Å². The molecule has 0 aromatic heterocycles. The van der Waals surface area contributed by atoms with Crippen LogP contribution in [0.1, 0.15) is 36.0 Å². The van der Waals surface area contributed by atoms with Crippen LogP contribution >= 0.6 is 0 Å². The zero-order chi connectivity index (χ0) is 12.1. The minimum atomic E-state index is -2.78. The maximum absolute atomic E-state index is 12.4. The molecule has 16 heavy (non-hydrogen) atoms. The summed E-state index contributed by atoms with van der Waals surface area (Å²) < 4.78 is 49.6. The van der Waals surface area contributed by atoms with Crippen LogP contribution in [0.5, 0.6) is 0 Å². The molecule has 0 spiro atoms. The highest BCUT2D eigenvalue weighted by molar-refractivity contribution is 5.50. The fourth-order valence-corrected chi connectivity index (χ4v) is 1.37. The summed E-state index contributed by atoms with van der Waals surface area (Å²) in [7, 11) is 0. The van der Waals surface area contributed by atoms with Gasteiger partial charge in [-0.25, -0.2) is 17.6 Å². The second-order valence-electron chi connectivity index (χ2n) is 3.31. The SMILES string of the molecule is O=CCCc1cc(C(F)F)cc(C(F)F)c1. The fraction of sp³-hybridized carbons (Fsp3) is 0.364. The lowest BCUT2D eigenvalue weighted by atomic mass is 10.0. The molecule has 5 heteroatoms. The average Bonchev–Trinajstić information content (AvgIpc) is 2.25. The normalized spacial score (nSPS) is 11.1. The van der Waals surface area contributed by atoms with E-state index in [2.05, 4.69) is 0 Å². The Morgan fingerprint density at radius 1 is 1.00 bits per heavy atom. The Balaban J connectivity index is 3.03. The standard InChI is InChI=1S/C11H10F4O/c12-10(13)8-4-7(2-1-3-16)5-9(6-8)11(14)15/h3-6,10-11H,1-2H2. The average molecular weight is 234 g/mol. The molecule has 0 heterocycles. The molecule has 0 aliphatic rings. The number of aldehydes is 1. The molecule has 0 fully saturated rings. The van der Waals surface area contributed by atoms with E-state index < -0.39 is 24.0 Å². The van der Waals surface area contributed by atoms with Crippen LogP contribution in [0, 0.1) is 0 Å². The van der Waals surface area contributed by atoms with Gasteiger partial charge in [0.15, 0.2) is 0 Å². The number of hydrogen-bond donors (Lipinski definition) is 0. The van der Waals surface area contributed by atoms with Gasteiger partial charge in [-0.1, -0.05) is 12.1 Å². The van der Waals surface area contributed by atoms with E-state index >= 15 is 0 Å². The van der Waals surface area contributed by atoms with Crippen LogP contribution in [0.15, 0.2) is 18.2 Å². The van der Waals surface area contributed by atoms with Crippen molar-refractivity contribution in [2.75, 3.05) is 0 Å². The van der Waals surface area contributed by atoms with E-state index in [4.69, 9.17) is 0 Å². The topological polar surface area (TPSA) is 17.1 Å². The van der Waals surface area contributed by atoms with Gasteiger partial charge in [0.1, 0.15) is 6.29 Å². The molecule has 0 atom stereocenters. The third-order valence-electron chi connectivity index (χ3n) is 2.09. The van der Waals surface area contributed by atoms with Crippen LogP contribution in [0.25, 0.3) is 0 Å². The smallest absolute Gasteiger partial charge is 0.263 e. The van der Waals surface area contributed by atoms with Crippen molar-refractivity contribution in [3.05, 3.63) is 34.9 Å². The van der Waals surface area contributed by atoms with Gasteiger partial charge in [-0.2, -0.15) is 0 Å². The minimum Gasteiger partial charge on any atom is -0.303 e. The third-order valence-corrected chi connectivity index (χ3v) is 2.09. The van der Waals surface area contributed by atoms with E-state index in [0.29, 0.717) is 11.8 Å². The molecular formula is C11H10F4O. The highest BCUT2D eigenvalue weighted by Crippen LogP contribution is 2.27. The van der Waals surface area contributed by atoms with Crippen molar-refractivity contribution in [1.82, 2.24) is 0 Å². The second kappa shape index (κ2) is 5.63. The van der Waals surface area contributed by atoms with Crippen molar-refractivity contribution in [2.24, 2.45) is 0 Å². The van der Waals surface area contributed by atoms with Crippen LogP contribution in [0.3, 0.4) is 0 Å². The van der Waals surface area contributed by atoms with Crippen molar-refractivity contribution >= 4 is 6.29 Å². The number of halogens is 4. The summed E-state index contributed by atoms with van der Waals surface area (Å²) >= 11 is 0. The van der Waals surface area contributed by atoms with E-state index in [0.717, 1.165) is 18.2 Å². The Morgan fingerprint density at radius 3 is 1.88 bits per heavy atom. The highest BCUT2D eigenvalue weighted by Gasteiger charge is 2.14. The first kappa shape index (κ1) is 12.7. The summed E-state index contributed by atoms with van der Waals surface area (Å²) in [5.74, 6) is 0. The van der Waals surface area contributed by atoms with Crippen LogP contribution in [0.4, 0.5) is 17.6 Å². The molecule has 1 nitrogen and oxygen atoms in total. The Labute approximate surface area is 90.1 Å². The zero-order valence-electron chi connectivity index (χ0n) is 8.30. The lowest BCUT2D eigenvalue weighted by Gasteiger charge is -2.08. The Morgan fingerprint density at radius 2 is 1.50 bits per heavy atom. The molecule has 0 aliphatic heterocycles. The minimum absolute atomic E-state index is 0.134. The molecule has 0 bridgehead atoms. The third kappa shape index (κ3) is 3.32. The molecule has 88 valence electrons. The van der Waals surface area contributed by atoms with Gasteiger partial charge in [-0.15, -0.1) is 0 Å². The summed E-state index contributed by atoms with van der Waals surface area (Å²) in [6.07, 6.45) is -4.61. The molecule has 0 N–H and O–H groups in total. The predicted octanol–water partition coefficient (Wildman–Crippen LogP) is 3.69.